The second-order valence-electron chi connectivity index (χ2n) is 4.53. The number of hydrogen-bond donors (Lipinski definition) is 1. The lowest BCUT2D eigenvalue weighted by Gasteiger charge is -2.06. The summed E-state index contributed by atoms with van der Waals surface area (Å²) in [7, 11) is 0. The van der Waals surface area contributed by atoms with Gasteiger partial charge in [0.1, 0.15) is 0 Å². The average molecular weight is 249 g/mol. The minimum atomic E-state index is 0.929. The number of nitrogens with two attached hydrogens (primary N) is 1. The zero-order valence-corrected chi connectivity index (χ0v) is 11.2. The molecule has 0 amide bonds. The monoisotopic (exact) mass is 249 g/mol. The van der Waals surface area contributed by atoms with Crippen LogP contribution in [0.4, 0.5) is 0 Å². The van der Waals surface area contributed by atoms with Gasteiger partial charge in [0.2, 0.25) is 0 Å². The summed E-state index contributed by atoms with van der Waals surface area (Å²) in [6, 6.07) is 17.2. The number of hydrogen-bond acceptors (Lipinski definition) is 1. The van der Waals surface area contributed by atoms with Crippen molar-refractivity contribution in [3.8, 4) is 11.1 Å². The first-order valence-electron chi connectivity index (χ1n) is 6.49. The Hall–Kier alpha value is -2.28. The minimum Gasteiger partial charge on any atom is -0.405 e. The van der Waals surface area contributed by atoms with E-state index in [2.05, 4.69) is 61.5 Å². The summed E-state index contributed by atoms with van der Waals surface area (Å²) in [5.41, 5.74) is 10.5. The van der Waals surface area contributed by atoms with Gasteiger partial charge in [-0.25, -0.2) is 0 Å². The summed E-state index contributed by atoms with van der Waals surface area (Å²) in [5, 5.41) is 0. The van der Waals surface area contributed by atoms with Gasteiger partial charge in [0.05, 0.1) is 0 Å². The van der Waals surface area contributed by atoms with Gasteiger partial charge in [-0.3, -0.25) is 0 Å². The van der Waals surface area contributed by atoms with Gasteiger partial charge in [0, 0.05) is 0 Å². The van der Waals surface area contributed by atoms with Gasteiger partial charge in [-0.15, -0.1) is 0 Å². The zero-order chi connectivity index (χ0) is 13.5. The van der Waals surface area contributed by atoms with Crippen LogP contribution in [0.2, 0.25) is 0 Å². The predicted octanol–water partition coefficient (Wildman–Crippen LogP) is 4.23. The molecule has 0 radical (unpaired) electrons. The van der Waals surface area contributed by atoms with E-state index in [1.54, 1.807) is 0 Å². The Balaban J connectivity index is 2.13. The molecule has 0 heterocycles. The van der Waals surface area contributed by atoms with E-state index in [-0.39, 0.29) is 0 Å². The summed E-state index contributed by atoms with van der Waals surface area (Å²) in [6.45, 7) is 2.14. The zero-order valence-electron chi connectivity index (χ0n) is 11.2. The average Bonchev–Trinajstić information content (AvgIpc) is 2.45. The molecule has 2 aromatic rings. The molecule has 0 aliphatic carbocycles. The molecule has 0 saturated carbocycles. The molecule has 0 bridgehead atoms. The first-order chi connectivity index (χ1) is 9.31. The summed E-state index contributed by atoms with van der Waals surface area (Å²) in [4.78, 5) is 0. The van der Waals surface area contributed by atoms with Crippen LogP contribution in [0.5, 0.6) is 0 Å². The largest absolute Gasteiger partial charge is 0.405 e. The molecule has 2 aromatic carbocycles. The molecule has 1 heteroatoms. The highest BCUT2D eigenvalue weighted by atomic mass is 14.5. The third-order valence-electron chi connectivity index (χ3n) is 3.12. The summed E-state index contributed by atoms with van der Waals surface area (Å²) >= 11 is 0. The van der Waals surface area contributed by atoms with Gasteiger partial charge in [-0.05, 0) is 47.9 Å². The van der Waals surface area contributed by atoms with Crippen molar-refractivity contribution in [2.75, 3.05) is 0 Å². The third-order valence-corrected chi connectivity index (χ3v) is 3.12. The van der Waals surface area contributed by atoms with Crippen molar-refractivity contribution in [3.63, 3.8) is 0 Å². The quantitative estimate of drug-likeness (QED) is 0.806. The van der Waals surface area contributed by atoms with E-state index in [1.165, 1.54) is 28.5 Å². The maximum atomic E-state index is 5.27. The summed E-state index contributed by atoms with van der Waals surface area (Å²) in [5.74, 6) is 0. The standard InChI is InChI=1S/C18H19N/c1-15-7-4-5-9-18(15)17-12-10-16(11-13-17)8-3-2-6-14-19/h2-7,9-14H,8,19H2,1H3/b3-2-,14-6-. The van der Waals surface area contributed by atoms with Gasteiger partial charge >= 0.3 is 0 Å². The smallest absolute Gasteiger partial charge is 0.00625 e. The van der Waals surface area contributed by atoms with Crippen LogP contribution in [0.15, 0.2) is 73.0 Å². The number of rotatable bonds is 4. The fourth-order valence-electron chi connectivity index (χ4n) is 2.06. The molecule has 0 atom stereocenters. The summed E-state index contributed by atoms with van der Waals surface area (Å²) in [6.07, 6.45) is 8.37. The van der Waals surface area contributed by atoms with Crippen molar-refractivity contribution < 1.29 is 0 Å². The lowest BCUT2D eigenvalue weighted by atomic mass is 9.99. The predicted molar refractivity (Wildman–Crippen MR) is 82.8 cm³/mol. The molecule has 0 aliphatic heterocycles. The van der Waals surface area contributed by atoms with Crippen LogP contribution in [0.3, 0.4) is 0 Å². The molecule has 0 spiro atoms. The van der Waals surface area contributed by atoms with Crippen LogP contribution in [-0.4, -0.2) is 0 Å². The second-order valence-corrected chi connectivity index (χ2v) is 4.53. The minimum absolute atomic E-state index is 0.929. The molecule has 2 rings (SSSR count). The Morgan fingerprint density at radius 2 is 1.68 bits per heavy atom. The molecule has 0 unspecified atom stereocenters. The number of benzene rings is 2. The topological polar surface area (TPSA) is 26.0 Å². The lowest BCUT2D eigenvalue weighted by Crippen LogP contribution is -1.85. The van der Waals surface area contributed by atoms with Crippen LogP contribution in [-0.2, 0) is 6.42 Å². The highest BCUT2D eigenvalue weighted by Crippen LogP contribution is 2.23. The fraction of sp³-hybridized carbons (Fsp3) is 0.111. The first-order valence-corrected chi connectivity index (χ1v) is 6.49. The normalized spacial score (nSPS) is 11.4. The van der Waals surface area contributed by atoms with E-state index in [9.17, 15) is 0 Å². The molecule has 0 aromatic heterocycles. The maximum absolute atomic E-state index is 5.27. The van der Waals surface area contributed by atoms with E-state index in [0.29, 0.717) is 0 Å². The van der Waals surface area contributed by atoms with Gasteiger partial charge in [0.25, 0.3) is 0 Å². The van der Waals surface area contributed by atoms with E-state index in [1.807, 2.05) is 12.2 Å². The van der Waals surface area contributed by atoms with E-state index >= 15 is 0 Å². The SMILES string of the molecule is Cc1ccccc1-c1ccc(C/C=C\C=C/N)cc1. The molecule has 96 valence electrons. The van der Waals surface area contributed by atoms with E-state index in [4.69, 9.17) is 5.73 Å². The molecule has 1 nitrogen and oxygen atoms in total. The van der Waals surface area contributed by atoms with E-state index < -0.39 is 0 Å². The van der Waals surface area contributed by atoms with Crippen molar-refractivity contribution in [1.82, 2.24) is 0 Å². The van der Waals surface area contributed by atoms with Crippen LogP contribution >= 0.6 is 0 Å². The van der Waals surface area contributed by atoms with Crippen LogP contribution in [0.25, 0.3) is 11.1 Å². The van der Waals surface area contributed by atoms with Crippen LogP contribution in [0, 0.1) is 6.92 Å². The van der Waals surface area contributed by atoms with Crippen molar-refractivity contribution in [2.45, 2.75) is 13.3 Å². The van der Waals surface area contributed by atoms with E-state index in [0.717, 1.165) is 6.42 Å². The van der Waals surface area contributed by atoms with Gasteiger partial charge in [0.15, 0.2) is 0 Å². The van der Waals surface area contributed by atoms with Crippen LogP contribution < -0.4 is 5.73 Å². The molecule has 0 aliphatic rings. The van der Waals surface area contributed by atoms with Crippen molar-refractivity contribution >= 4 is 0 Å². The van der Waals surface area contributed by atoms with Gasteiger partial charge < -0.3 is 5.73 Å². The molecular weight excluding hydrogens is 230 g/mol. The summed E-state index contributed by atoms with van der Waals surface area (Å²) < 4.78 is 0. The molecule has 0 fully saturated rings. The Morgan fingerprint density at radius 3 is 2.37 bits per heavy atom. The van der Waals surface area contributed by atoms with Gasteiger partial charge in [-0.2, -0.15) is 0 Å². The Bertz CT molecular complexity index is 577. The molecular formula is C18H19N. The van der Waals surface area contributed by atoms with Crippen molar-refractivity contribution in [3.05, 3.63) is 84.1 Å². The van der Waals surface area contributed by atoms with Crippen molar-refractivity contribution in [1.29, 1.82) is 0 Å². The number of allylic oxidation sites excluding steroid dienone is 3. The van der Waals surface area contributed by atoms with Crippen molar-refractivity contribution in [2.24, 2.45) is 5.73 Å². The highest BCUT2D eigenvalue weighted by molar-refractivity contribution is 5.67. The first kappa shape index (κ1) is 13.2. The molecule has 19 heavy (non-hydrogen) atoms. The Kier molecular flexibility index (Phi) is 4.57. The van der Waals surface area contributed by atoms with Crippen LogP contribution in [0.1, 0.15) is 11.1 Å². The maximum Gasteiger partial charge on any atom is -0.00625 e. The Labute approximate surface area is 115 Å². The molecule has 0 saturated heterocycles. The molecule has 2 N–H and O–H groups in total. The fourth-order valence-corrected chi connectivity index (χ4v) is 2.06. The second kappa shape index (κ2) is 6.60. The highest BCUT2D eigenvalue weighted by Gasteiger charge is 2.00. The van der Waals surface area contributed by atoms with Gasteiger partial charge in [-0.1, -0.05) is 60.7 Å². The Morgan fingerprint density at radius 1 is 0.947 bits per heavy atom. The lowest BCUT2D eigenvalue weighted by molar-refractivity contribution is 1.27. The third kappa shape index (κ3) is 3.59. The number of aryl methyl sites for hydroxylation is 1.